The molecular formula is C76H141N19O17S2. The number of hydrogen-bond donors (Lipinski definition) is 21. The minimum atomic E-state index is -1.77. The van der Waals surface area contributed by atoms with Crippen LogP contribution < -0.4 is 98.2 Å². The van der Waals surface area contributed by atoms with Crippen molar-refractivity contribution in [1.82, 2.24) is 63.8 Å². The van der Waals surface area contributed by atoms with E-state index in [9.17, 15) is 82.4 Å². The standard InChI is InChI=1S/C76H141N19O17S2/c1-8-9-10-11-12-13-14-15-16-17-18-19-20-29-62(100)86-56(36-41-113-6)66(103)84-45-63(101)87-59(44-50-30-32-51(98)33-31-50)73(110)91-55(34-35-61(79)99)70(107)89-52(26-21-23-38-77)67(104)88-53(27-22-24-39-78)68(105)93-58(43-47(2)3)72(109)90-54(28-25-40-83-76(81)82)69(106)94-60(46-96)74(111)92-57(37-42-114-7)71(108)95-64(49(5)97)75(112)85-48(4)65(80)102/h47-60,64,96-98H,8-46,77-78H2,1-7H3,(H2,79,99)(H2,80,102)(H,84,103)(H,85,112)(H,86,100)(H,87,101)(H,88,104)(H,89,107)(H,90,109)(H,91,110)(H,92,111)(H,93,105)(H,94,106)(H,95,108)(H4,81,82,83)/t48-,49+,50?,51?,52-,53-,54-,55-,56-,57-,58-,59-,60-,64-/m0/s1. The van der Waals surface area contributed by atoms with Crippen molar-refractivity contribution >= 4 is 112 Å². The first-order valence-electron chi connectivity index (χ1n) is 40.8. The van der Waals surface area contributed by atoms with Gasteiger partial charge in [-0.05, 0) is 178 Å². The molecule has 0 spiro atoms. The summed E-state index contributed by atoms with van der Waals surface area (Å²) in [7, 11) is 0. The molecule has 1 aliphatic rings. The van der Waals surface area contributed by atoms with Gasteiger partial charge in [-0.25, -0.2) is 0 Å². The molecule has 0 saturated heterocycles. The van der Waals surface area contributed by atoms with Crippen LogP contribution in [0.15, 0.2) is 4.99 Å². The van der Waals surface area contributed by atoms with E-state index in [2.05, 4.69) is 75.7 Å². The highest BCUT2D eigenvalue weighted by Crippen LogP contribution is 2.28. The lowest BCUT2D eigenvalue weighted by Crippen LogP contribution is -2.62. The molecule has 1 saturated carbocycles. The monoisotopic (exact) mass is 1660 g/mol. The Hall–Kier alpha value is -7.65. The molecule has 1 aliphatic carbocycles. The van der Waals surface area contributed by atoms with Gasteiger partial charge in [-0.1, -0.05) is 97.8 Å². The summed E-state index contributed by atoms with van der Waals surface area (Å²) in [5.74, 6) is -11.9. The first kappa shape index (κ1) is 104. The average Bonchev–Trinajstić information content (AvgIpc) is 0.855. The number of primary amides is 2. The zero-order chi connectivity index (χ0) is 85.5. The van der Waals surface area contributed by atoms with Gasteiger partial charge < -0.3 is 114 Å². The summed E-state index contributed by atoms with van der Waals surface area (Å²) in [6.07, 6.45) is 18.9. The molecule has 0 heterocycles. The second-order valence-corrected chi connectivity index (χ2v) is 32.0. The van der Waals surface area contributed by atoms with Crippen LogP contribution in [-0.4, -0.2) is 239 Å². The molecule has 114 heavy (non-hydrogen) atoms. The molecule has 0 aromatic heterocycles. The summed E-state index contributed by atoms with van der Waals surface area (Å²) >= 11 is 2.77. The number of thioether (sulfide) groups is 2. The molecule has 0 aromatic rings. The average molecular weight is 1660 g/mol. The van der Waals surface area contributed by atoms with Crippen LogP contribution in [0.4, 0.5) is 0 Å². The number of amides is 14. The predicted octanol–water partition coefficient (Wildman–Crippen LogP) is -1.13. The van der Waals surface area contributed by atoms with Gasteiger partial charge in [0.25, 0.3) is 0 Å². The van der Waals surface area contributed by atoms with Gasteiger partial charge >= 0.3 is 0 Å². The Labute approximate surface area is 682 Å². The first-order chi connectivity index (χ1) is 54.2. The minimum absolute atomic E-state index is 0.0417. The van der Waals surface area contributed by atoms with Crippen molar-refractivity contribution in [3.8, 4) is 0 Å². The Morgan fingerprint density at radius 1 is 0.430 bits per heavy atom. The van der Waals surface area contributed by atoms with E-state index in [1.165, 1.54) is 88.7 Å². The molecule has 0 aromatic carbocycles. The lowest BCUT2D eigenvalue weighted by molar-refractivity contribution is -0.137. The number of guanidine groups is 1. The number of nitrogens with two attached hydrogens (primary N) is 6. The topological polar surface area (TPSA) is 613 Å². The zero-order valence-electron chi connectivity index (χ0n) is 68.5. The Bertz CT molecular complexity index is 2950. The molecule has 1 fully saturated rings. The van der Waals surface area contributed by atoms with E-state index >= 15 is 0 Å². The zero-order valence-corrected chi connectivity index (χ0v) is 70.2. The van der Waals surface area contributed by atoms with Crippen molar-refractivity contribution < 1.29 is 82.4 Å². The fourth-order valence-corrected chi connectivity index (χ4v) is 13.7. The Morgan fingerprint density at radius 3 is 1.27 bits per heavy atom. The van der Waals surface area contributed by atoms with E-state index in [0.717, 1.165) is 25.7 Å². The number of nitrogens with one attached hydrogen (secondary N) is 12. The molecule has 1 rings (SSSR count). The summed E-state index contributed by atoms with van der Waals surface area (Å²) in [6, 6.07) is -15.6. The second kappa shape index (κ2) is 61.7. The molecule has 27 N–H and O–H groups in total. The number of carbonyl (C=O) groups excluding carboxylic acids is 14. The highest BCUT2D eigenvalue weighted by Gasteiger charge is 2.38. The van der Waals surface area contributed by atoms with Crippen LogP contribution in [0.3, 0.4) is 0 Å². The molecule has 0 radical (unpaired) electrons. The number of unbranched alkanes of at least 4 members (excludes halogenated alkanes) is 14. The van der Waals surface area contributed by atoms with Gasteiger partial charge in [0.2, 0.25) is 82.7 Å². The molecule has 0 unspecified atom stereocenters. The summed E-state index contributed by atoms with van der Waals surface area (Å²) in [5.41, 5.74) is 33.7. The number of aliphatic hydroxyl groups is 3. The SMILES string of the molecule is CCCCCCCCCCCCCCCC(=O)N[C@@H](CCSC)C(=O)NCC(=O)N[C@@H](CC1CCC(O)CC1)C(=O)N[C@@H](CCC(N)=O)C(=O)N[C@@H](CCCCN)C(=O)N[C@@H](CCCCN)C(=O)N[C@@H](CC(C)C)C(=O)N[C@@H](CCCN=C(N)N)C(=O)N[C@@H](CO)C(=O)N[C@@H](CCSC)C(=O)N[C@H](C(=O)N[C@@H](C)C(N)=O)[C@@H](C)O. The molecular weight excluding hydrogens is 1520 g/mol. The van der Waals surface area contributed by atoms with Crippen molar-refractivity contribution in [2.24, 2.45) is 51.2 Å². The van der Waals surface area contributed by atoms with Crippen LogP contribution in [0.5, 0.6) is 0 Å². The largest absolute Gasteiger partial charge is 0.394 e. The molecule has 36 nitrogen and oxygen atoms in total. The van der Waals surface area contributed by atoms with E-state index in [1.54, 1.807) is 20.1 Å². The number of carbonyl (C=O) groups is 14. The van der Waals surface area contributed by atoms with Crippen LogP contribution in [0.25, 0.3) is 0 Å². The number of aliphatic imine (C=N–C) groups is 1. The van der Waals surface area contributed by atoms with Crippen LogP contribution in [-0.2, 0) is 67.1 Å². The van der Waals surface area contributed by atoms with Gasteiger partial charge in [-0.15, -0.1) is 0 Å². The Kier molecular flexibility index (Phi) is 56.5. The third-order valence-corrected chi connectivity index (χ3v) is 20.8. The van der Waals surface area contributed by atoms with Crippen molar-refractivity contribution in [1.29, 1.82) is 0 Å². The summed E-state index contributed by atoms with van der Waals surface area (Å²) in [6.45, 7) is 6.89. The van der Waals surface area contributed by atoms with E-state index in [0.29, 0.717) is 50.7 Å². The lowest BCUT2D eigenvalue weighted by Gasteiger charge is -2.30. The van der Waals surface area contributed by atoms with Gasteiger partial charge in [0, 0.05) is 19.4 Å². The maximum atomic E-state index is 14.7. The van der Waals surface area contributed by atoms with Gasteiger partial charge in [0.05, 0.1) is 25.4 Å². The molecule has 38 heteroatoms. The van der Waals surface area contributed by atoms with Crippen molar-refractivity contribution in [3.63, 3.8) is 0 Å². The Morgan fingerprint density at radius 2 is 0.833 bits per heavy atom. The molecule has 654 valence electrons. The normalized spacial score (nSPS) is 16.5. The molecule has 14 amide bonds. The third-order valence-electron chi connectivity index (χ3n) is 19.5. The Balaban J connectivity index is 3.57. The van der Waals surface area contributed by atoms with Gasteiger partial charge in [0.1, 0.15) is 66.5 Å². The summed E-state index contributed by atoms with van der Waals surface area (Å²) < 4.78 is 0. The molecule has 12 atom stereocenters. The number of nitrogens with zero attached hydrogens (tertiary/aromatic N) is 1. The second-order valence-electron chi connectivity index (χ2n) is 30.0. The van der Waals surface area contributed by atoms with E-state index in [1.807, 2.05) is 6.26 Å². The first-order valence-corrected chi connectivity index (χ1v) is 43.6. The molecule has 0 aliphatic heterocycles. The number of rotatable bonds is 65. The highest BCUT2D eigenvalue weighted by molar-refractivity contribution is 7.98. The quantitative estimate of drug-likeness (QED) is 0.0195. The fourth-order valence-electron chi connectivity index (χ4n) is 12.7. The van der Waals surface area contributed by atoms with Crippen LogP contribution in [0.1, 0.15) is 240 Å². The predicted molar refractivity (Wildman–Crippen MR) is 440 cm³/mol. The van der Waals surface area contributed by atoms with Gasteiger partial charge in [-0.3, -0.25) is 72.1 Å². The highest BCUT2D eigenvalue weighted by atomic mass is 32.2. The summed E-state index contributed by atoms with van der Waals surface area (Å²) in [4.78, 5) is 197. The van der Waals surface area contributed by atoms with E-state index in [-0.39, 0.29) is 126 Å². The van der Waals surface area contributed by atoms with Crippen molar-refractivity contribution in [2.45, 2.75) is 319 Å². The van der Waals surface area contributed by atoms with E-state index in [4.69, 9.17) is 34.4 Å². The van der Waals surface area contributed by atoms with Gasteiger partial charge in [-0.2, -0.15) is 23.5 Å². The van der Waals surface area contributed by atoms with Crippen molar-refractivity contribution in [2.75, 3.05) is 56.8 Å². The minimum Gasteiger partial charge on any atom is -0.394 e. The van der Waals surface area contributed by atoms with Crippen LogP contribution in [0.2, 0.25) is 0 Å². The molecule has 0 bridgehead atoms. The fraction of sp³-hybridized carbons (Fsp3) is 0.803. The lowest BCUT2D eigenvalue weighted by atomic mass is 9.83. The number of aliphatic hydroxyl groups excluding tert-OH is 3. The third kappa shape index (κ3) is 46.8. The van der Waals surface area contributed by atoms with E-state index < -0.39 is 175 Å². The van der Waals surface area contributed by atoms with Crippen LogP contribution in [0, 0.1) is 11.8 Å². The smallest absolute Gasteiger partial charge is 0.245 e. The maximum Gasteiger partial charge on any atom is 0.245 e. The summed E-state index contributed by atoms with van der Waals surface area (Å²) in [5, 5.41) is 62.4. The van der Waals surface area contributed by atoms with Gasteiger partial charge in [0.15, 0.2) is 5.96 Å². The maximum absolute atomic E-state index is 14.7. The van der Waals surface area contributed by atoms with Crippen molar-refractivity contribution in [3.05, 3.63) is 0 Å². The van der Waals surface area contributed by atoms with Crippen LogP contribution >= 0.6 is 23.5 Å². The number of hydrogen-bond acceptors (Lipinski definition) is 22.